The Hall–Kier alpha value is -4.55. The first-order chi connectivity index (χ1) is 18.7. The van der Waals surface area contributed by atoms with Gasteiger partial charge in [0.1, 0.15) is 5.69 Å². The van der Waals surface area contributed by atoms with Crippen molar-refractivity contribution in [3.63, 3.8) is 0 Å². The molecule has 5 aromatic rings. The molecule has 2 N–H and O–H groups in total. The molecule has 0 aliphatic carbocycles. The second-order valence-electron chi connectivity index (χ2n) is 8.65. The third kappa shape index (κ3) is 7.35. The molecule has 0 aliphatic heterocycles. The van der Waals surface area contributed by atoms with Gasteiger partial charge in [0.25, 0.3) is 5.91 Å². The van der Waals surface area contributed by atoms with Gasteiger partial charge in [-0.25, -0.2) is 15.0 Å². The number of hydrogen-bond donors (Lipinski definition) is 2. The number of aromatic nitrogens is 6. The highest BCUT2D eigenvalue weighted by Crippen LogP contribution is 2.33. The minimum absolute atomic E-state index is 0. The number of imidazole rings is 1. The lowest BCUT2D eigenvalue weighted by Crippen LogP contribution is -2.14. The summed E-state index contributed by atoms with van der Waals surface area (Å²) in [5.41, 5.74) is 2.66. The van der Waals surface area contributed by atoms with Crippen LogP contribution in [0.3, 0.4) is 0 Å². The van der Waals surface area contributed by atoms with Crippen molar-refractivity contribution < 1.29 is 18.0 Å². The fraction of sp³-hybridized carbons (Fsp3) is 0.111. The highest BCUT2D eigenvalue weighted by Gasteiger charge is 2.31. The molecule has 2 aromatic carbocycles. The van der Waals surface area contributed by atoms with E-state index in [1.54, 1.807) is 62.2 Å². The third-order valence-corrected chi connectivity index (χ3v) is 5.74. The van der Waals surface area contributed by atoms with Gasteiger partial charge in [-0.2, -0.15) is 13.2 Å². The van der Waals surface area contributed by atoms with E-state index in [1.807, 2.05) is 6.92 Å². The summed E-state index contributed by atoms with van der Waals surface area (Å²) in [5.74, 6) is -0.309. The Morgan fingerprint density at radius 2 is 1.71 bits per heavy atom. The van der Waals surface area contributed by atoms with Gasteiger partial charge in [0.15, 0.2) is 0 Å². The van der Waals surface area contributed by atoms with E-state index in [0.717, 1.165) is 17.7 Å². The third-order valence-electron chi connectivity index (χ3n) is 5.74. The van der Waals surface area contributed by atoms with Crippen molar-refractivity contribution in [2.24, 2.45) is 0 Å². The molecule has 0 saturated carbocycles. The van der Waals surface area contributed by atoms with Crippen molar-refractivity contribution >= 4 is 48.0 Å². The summed E-state index contributed by atoms with van der Waals surface area (Å²) in [6.45, 7) is 3.57. The molecule has 41 heavy (non-hydrogen) atoms. The summed E-state index contributed by atoms with van der Waals surface area (Å²) in [5, 5.41) is 5.68. The summed E-state index contributed by atoms with van der Waals surface area (Å²) < 4.78 is 42.3. The second-order valence-corrected chi connectivity index (χ2v) is 8.65. The Kier molecular flexibility index (Phi) is 9.63. The van der Waals surface area contributed by atoms with Crippen LogP contribution in [0.4, 0.5) is 30.5 Å². The maximum absolute atomic E-state index is 13.6. The summed E-state index contributed by atoms with van der Waals surface area (Å²) in [6, 6.07) is 9.92. The van der Waals surface area contributed by atoms with Crippen molar-refractivity contribution in [2.75, 3.05) is 10.6 Å². The van der Waals surface area contributed by atoms with Gasteiger partial charge in [0, 0.05) is 47.4 Å². The van der Waals surface area contributed by atoms with Crippen molar-refractivity contribution in [1.82, 2.24) is 29.5 Å². The van der Waals surface area contributed by atoms with E-state index in [0.29, 0.717) is 22.8 Å². The number of aryl methyl sites for hydroxylation is 2. The Labute approximate surface area is 245 Å². The van der Waals surface area contributed by atoms with Gasteiger partial charge >= 0.3 is 6.18 Å². The zero-order valence-corrected chi connectivity index (χ0v) is 23.2. The van der Waals surface area contributed by atoms with Gasteiger partial charge in [-0.3, -0.25) is 14.8 Å². The molecule has 5 rings (SSSR count). The zero-order chi connectivity index (χ0) is 27.6. The molecule has 0 unspecified atom stereocenters. The Bertz CT molecular complexity index is 1660. The maximum Gasteiger partial charge on any atom is 0.416 e. The molecule has 3 heterocycles. The predicted octanol–water partition coefficient (Wildman–Crippen LogP) is 6.59. The van der Waals surface area contributed by atoms with Crippen molar-refractivity contribution in [3.8, 4) is 17.1 Å². The first-order valence-corrected chi connectivity index (χ1v) is 11.7. The molecule has 0 aliphatic rings. The highest BCUT2D eigenvalue weighted by molar-refractivity contribution is 6.05. The number of hydrogen-bond acceptors (Lipinski definition) is 7. The first-order valence-electron chi connectivity index (χ1n) is 11.7. The van der Waals surface area contributed by atoms with Crippen LogP contribution in [0.15, 0.2) is 79.8 Å². The molecule has 212 valence electrons. The number of alkyl halides is 3. The van der Waals surface area contributed by atoms with E-state index in [-0.39, 0.29) is 47.7 Å². The summed E-state index contributed by atoms with van der Waals surface area (Å²) in [4.78, 5) is 34.1. The molecule has 9 nitrogen and oxygen atoms in total. The fourth-order valence-electron chi connectivity index (χ4n) is 3.77. The molecule has 0 fully saturated rings. The van der Waals surface area contributed by atoms with Crippen molar-refractivity contribution in [1.29, 1.82) is 0 Å². The van der Waals surface area contributed by atoms with E-state index in [4.69, 9.17) is 0 Å². The molecule has 14 heteroatoms. The van der Waals surface area contributed by atoms with Gasteiger partial charge in [0.2, 0.25) is 5.95 Å². The van der Waals surface area contributed by atoms with Gasteiger partial charge < -0.3 is 15.2 Å². The topological polar surface area (TPSA) is 111 Å². The van der Waals surface area contributed by atoms with Crippen LogP contribution in [0.5, 0.6) is 0 Å². The zero-order valence-electron chi connectivity index (χ0n) is 21.5. The highest BCUT2D eigenvalue weighted by atomic mass is 35.5. The fourth-order valence-corrected chi connectivity index (χ4v) is 3.77. The summed E-state index contributed by atoms with van der Waals surface area (Å²) >= 11 is 0. The van der Waals surface area contributed by atoms with Crippen LogP contribution >= 0.6 is 24.8 Å². The van der Waals surface area contributed by atoms with E-state index in [1.165, 1.54) is 17.0 Å². The van der Waals surface area contributed by atoms with Crippen LogP contribution in [-0.2, 0) is 6.18 Å². The monoisotopic (exact) mass is 602 g/mol. The maximum atomic E-state index is 13.6. The molecular weight excluding hydrogens is 580 g/mol. The average Bonchev–Trinajstić information content (AvgIpc) is 3.36. The van der Waals surface area contributed by atoms with Gasteiger partial charge in [-0.1, -0.05) is 6.07 Å². The lowest BCUT2D eigenvalue weighted by atomic mass is 10.1. The van der Waals surface area contributed by atoms with Crippen molar-refractivity contribution in [3.05, 3.63) is 102 Å². The number of amides is 1. The lowest BCUT2D eigenvalue weighted by molar-refractivity contribution is -0.137. The number of nitrogens with zero attached hydrogens (tertiary/aromatic N) is 6. The van der Waals surface area contributed by atoms with Crippen LogP contribution in [0.2, 0.25) is 0 Å². The van der Waals surface area contributed by atoms with Crippen LogP contribution in [0, 0.1) is 13.8 Å². The normalized spacial score (nSPS) is 10.8. The smallest absolute Gasteiger partial charge is 0.324 e. The van der Waals surface area contributed by atoms with Gasteiger partial charge in [0.05, 0.1) is 29.5 Å². The van der Waals surface area contributed by atoms with E-state index in [9.17, 15) is 18.0 Å². The molecule has 1 amide bonds. The van der Waals surface area contributed by atoms with Crippen molar-refractivity contribution in [2.45, 2.75) is 20.0 Å². The number of benzene rings is 2. The molecule has 3 aromatic heterocycles. The van der Waals surface area contributed by atoms with E-state index >= 15 is 0 Å². The second kappa shape index (κ2) is 12.7. The Morgan fingerprint density at radius 1 is 0.902 bits per heavy atom. The molecule has 0 radical (unpaired) electrons. The Balaban J connectivity index is 0.00000231. The molecule has 0 bridgehead atoms. The summed E-state index contributed by atoms with van der Waals surface area (Å²) in [7, 11) is 0. The van der Waals surface area contributed by atoms with Crippen LogP contribution in [0.1, 0.15) is 27.2 Å². The van der Waals surface area contributed by atoms with E-state index in [2.05, 4.69) is 35.6 Å². The van der Waals surface area contributed by atoms with Crippen LogP contribution in [-0.4, -0.2) is 35.4 Å². The number of halogens is 5. The van der Waals surface area contributed by atoms with Gasteiger partial charge in [-0.05, 0) is 55.8 Å². The standard InChI is InChI=1S/C27H21F3N8O.2ClH/c1-16-3-4-18(9-23(16)37-26-33-6-5-22(36-26)24-13-31-7-8-32-24)25(39)35-20-10-19(27(28,29)30)11-21(12-20)38-14-17(2)34-15-38;;/h3-15H,1-2H3,(H,35,39)(H,33,36,37);2*1H. The molecule has 0 saturated heterocycles. The predicted molar refractivity (Wildman–Crippen MR) is 153 cm³/mol. The van der Waals surface area contributed by atoms with Gasteiger partial charge in [-0.15, -0.1) is 24.8 Å². The largest absolute Gasteiger partial charge is 0.416 e. The molecule has 0 atom stereocenters. The number of nitrogens with one attached hydrogen (secondary N) is 2. The number of carbonyl (C=O) groups is 1. The first kappa shape index (κ1) is 31.0. The summed E-state index contributed by atoms with van der Waals surface area (Å²) in [6.07, 6.45) is 4.67. The number of rotatable bonds is 6. The van der Waals surface area contributed by atoms with Crippen LogP contribution < -0.4 is 10.6 Å². The number of anilines is 3. The number of carbonyl (C=O) groups excluding carboxylic acids is 1. The lowest BCUT2D eigenvalue weighted by Gasteiger charge is -2.14. The van der Waals surface area contributed by atoms with E-state index < -0.39 is 17.6 Å². The quantitative estimate of drug-likeness (QED) is 0.225. The average molecular weight is 603 g/mol. The van der Waals surface area contributed by atoms with Crippen LogP contribution in [0.25, 0.3) is 17.1 Å². The minimum Gasteiger partial charge on any atom is -0.324 e. The Morgan fingerprint density at radius 3 is 2.39 bits per heavy atom. The minimum atomic E-state index is -4.61. The molecule has 0 spiro atoms. The molecular formula is C27H23Cl2F3N8O. The SMILES string of the molecule is Cc1cn(-c2cc(NC(=O)c3ccc(C)c(Nc4nccc(-c5cnccn5)n4)c3)cc(C(F)(F)F)c2)cn1.Cl.Cl.